The molecule has 0 aliphatic rings. The molecule has 1 aromatic carbocycles. The Morgan fingerprint density at radius 3 is 2.09 bits per heavy atom. The average Bonchev–Trinajstić information content (AvgIpc) is 2.02. The van der Waals surface area contributed by atoms with Gasteiger partial charge in [0.25, 0.3) is 0 Å². The molecule has 0 saturated heterocycles. The van der Waals surface area contributed by atoms with E-state index in [1.54, 1.807) is 0 Å². The van der Waals surface area contributed by atoms with Gasteiger partial charge in [-0.25, -0.2) is 14.0 Å². The SMILES string of the molecule is C#N.Fc1ccc(I)cc1F. The summed E-state index contributed by atoms with van der Waals surface area (Å²) in [6, 6.07) is 3.77. The fourth-order valence-electron chi connectivity index (χ4n) is 0.470. The van der Waals surface area contributed by atoms with Gasteiger partial charge in [-0.1, -0.05) is 0 Å². The third-order valence-electron chi connectivity index (χ3n) is 0.882. The third kappa shape index (κ3) is 3.28. The quantitative estimate of drug-likeness (QED) is 0.523. The third-order valence-corrected chi connectivity index (χ3v) is 1.55. The summed E-state index contributed by atoms with van der Waals surface area (Å²) in [6.45, 7) is 3.50. The Morgan fingerprint density at radius 1 is 1.18 bits per heavy atom. The summed E-state index contributed by atoms with van der Waals surface area (Å²) in [5.74, 6) is -1.59. The van der Waals surface area contributed by atoms with Gasteiger partial charge in [0.15, 0.2) is 11.6 Å². The molecule has 0 fully saturated rings. The Labute approximate surface area is 76.8 Å². The van der Waals surface area contributed by atoms with Crippen molar-refractivity contribution in [3.63, 3.8) is 0 Å². The second kappa shape index (κ2) is 5.02. The summed E-state index contributed by atoms with van der Waals surface area (Å²) >= 11 is 1.92. The number of hydrogen-bond acceptors (Lipinski definition) is 1. The van der Waals surface area contributed by atoms with Crippen LogP contribution in [0.5, 0.6) is 0 Å². The number of nitriles is 1. The first-order chi connectivity index (χ1) is 5.20. The first kappa shape index (κ1) is 10.3. The molecule has 0 unspecified atom stereocenters. The Kier molecular flexibility index (Phi) is 4.70. The lowest BCUT2D eigenvalue weighted by atomic mass is 10.3. The maximum absolute atomic E-state index is 12.2. The number of benzene rings is 1. The van der Waals surface area contributed by atoms with E-state index in [0.717, 1.165) is 12.1 Å². The summed E-state index contributed by atoms with van der Waals surface area (Å²) in [4.78, 5) is 0. The number of hydrogen-bond donors (Lipinski definition) is 0. The molecule has 0 aliphatic carbocycles. The lowest BCUT2D eigenvalue weighted by Gasteiger charge is -1.90. The zero-order chi connectivity index (χ0) is 8.85. The number of rotatable bonds is 0. The zero-order valence-corrected chi connectivity index (χ0v) is 7.55. The van der Waals surface area contributed by atoms with Gasteiger partial charge in [-0.05, 0) is 40.8 Å². The molecule has 0 aromatic heterocycles. The van der Waals surface area contributed by atoms with Gasteiger partial charge >= 0.3 is 0 Å². The molecule has 1 nitrogen and oxygen atoms in total. The molecule has 58 valence electrons. The Balaban J connectivity index is 0.000000461. The lowest BCUT2D eigenvalue weighted by Crippen LogP contribution is -1.82. The van der Waals surface area contributed by atoms with Crippen molar-refractivity contribution in [1.82, 2.24) is 0 Å². The van der Waals surface area contributed by atoms with Crippen LogP contribution in [-0.4, -0.2) is 0 Å². The van der Waals surface area contributed by atoms with Crippen LogP contribution in [0.4, 0.5) is 8.78 Å². The minimum Gasteiger partial charge on any atom is -0.204 e. The summed E-state index contributed by atoms with van der Waals surface area (Å²) < 4.78 is 25.0. The number of nitrogens with zero attached hydrogens (tertiary/aromatic N) is 1. The molecule has 0 atom stereocenters. The van der Waals surface area contributed by atoms with Crippen LogP contribution < -0.4 is 0 Å². The summed E-state index contributed by atoms with van der Waals surface area (Å²) in [5.41, 5.74) is 0. The average molecular weight is 267 g/mol. The van der Waals surface area contributed by atoms with E-state index in [2.05, 4.69) is 6.57 Å². The highest BCUT2D eigenvalue weighted by Gasteiger charge is 1.98. The first-order valence-corrected chi connectivity index (χ1v) is 3.64. The highest BCUT2D eigenvalue weighted by molar-refractivity contribution is 14.1. The fraction of sp³-hybridized carbons (Fsp3) is 0. The van der Waals surface area contributed by atoms with Crippen molar-refractivity contribution >= 4 is 22.6 Å². The fourth-order valence-corrected chi connectivity index (χ4v) is 0.924. The number of halogens is 3. The van der Waals surface area contributed by atoms with Crippen LogP contribution in [0.25, 0.3) is 0 Å². The van der Waals surface area contributed by atoms with Gasteiger partial charge in [-0.3, -0.25) is 0 Å². The maximum atomic E-state index is 12.2. The monoisotopic (exact) mass is 267 g/mol. The highest BCUT2D eigenvalue weighted by atomic mass is 127. The van der Waals surface area contributed by atoms with Gasteiger partial charge < -0.3 is 0 Å². The van der Waals surface area contributed by atoms with Crippen LogP contribution in [0.3, 0.4) is 0 Å². The van der Waals surface area contributed by atoms with Crippen LogP contribution >= 0.6 is 22.6 Å². The second-order valence-corrected chi connectivity index (χ2v) is 2.80. The van der Waals surface area contributed by atoms with E-state index < -0.39 is 11.6 Å². The molecule has 0 heterocycles. The van der Waals surface area contributed by atoms with Gasteiger partial charge in [0.2, 0.25) is 0 Å². The molecule has 4 heteroatoms. The van der Waals surface area contributed by atoms with Crippen molar-refractivity contribution < 1.29 is 8.78 Å². The van der Waals surface area contributed by atoms with Crippen molar-refractivity contribution in [2.75, 3.05) is 0 Å². The van der Waals surface area contributed by atoms with Crippen LogP contribution in [-0.2, 0) is 0 Å². The maximum Gasteiger partial charge on any atom is 0.159 e. The van der Waals surface area contributed by atoms with E-state index in [1.807, 2.05) is 22.6 Å². The standard InChI is InChI=1S/C6H3F2I.CHN/c7-5-2-1-4(9)3-6(5)8;1-2/h1-3H;1H. The van der Waals surface area contributed by atoms with Gasteiger partial charge in [0.1, 0.15) is 0 Å². The van der Waals surface area contributed by atoms with Gasteiger partial charge in [0.05, 0.1) is 0 Å². The minimum absolute atomic E-state index is 0.700. The van der Waals surface area contributed by atoms with Gasteiger partial charge in [-0.2, -0.15) is 0 Å². The van der Waals surface area contributed by atoms with E-state index in [-0.39, 0.29) is 0 Å². The topological polar surface area (TPSA) is 23.8 Å². The van der Waals surface area contributed by atoms with Crippen molar-refractivity contribution in [3.05, 3.63) is 33.4 Å². The van der Waals surface area contributed by atoms with E-state index in [1.165, 1.54) is 6.07 Å². The molecular formula is C7H4F2IN. The normalized spacial score (nSPS) is 8.09. The summed E-state index contributed by atoms with van der Waals surface area (Å²) in [6.07, 6.45) is 0. The summed E-state index contributed by atoms with van der Waals surface area (Å²) in [5, 5.41) is 6.50. The molecule has 0 bridgehead atoms. The molecule has 0 N–H and O–H groups in total. The van der Waals surface area contributed by atoms with E-state index in [0.29, 0.717) is 3.57 Å². The second-order valence-electron chi connectivity index (χ2n) is 1.56. The summed E-state index contributed by atoms with van der Waals surface area (Å²) in [7, 11) is 0. The molecule has 0 radical (unpaired) electrons. The smallest absolute Gasteiger partial charge is 0.159 e. The first-order valence-electron chi connectivity index (χ1n) is 2.56. The molecule has 0 saturated carbocycles. The zero-order valence-electron chi connectivity index (χ0n) is 5.39. The van der Waals surface area contributed by atoms with Crippen LogP contribution in [0.1, 0.15) is 0 Å². The van der Waals surface area contributed by atoms with Gasteiger partial charge in [-0.15, -0.1) is 0 Å². The van der Waals surface area contributed by atoms with Crippen LogP contribution in [0, 0.1) is 27.0 Å². The largest absolute Gasteiger partial charge is 0.204 e. The van der Waals surface area contributed by atoms with E-state index in [4.69, 9.17) is 5.26 Å². The molecule has 11 heavy (non-hydrogen) atoms. The lowest BCUT2D eigenvalue weighted by molar-refractivity contribution is 0.508. The molecule has 0 amide bonds. The van der Waals surface area contributed by atoms with E-state index >= 15 is 0 Å². The Morgan fingerprint density at radius 2 is 1.73 bits per heavy atom. The van der Waals surface area contributed by atoms with Crippen molar-refractivity contribution in [3.8, 4) is 6.57 Å². The highest BCUT2D eigenvalue weighted by Crippen LogP contribution is 2.09. The van der Waals surface area contributed by atoms with E-state index in [9.17, 15) is 8.78 Å². The molecule has 1 aromatic rings. The van der Waals surface area contributed by atoms with Crippen molar-refractivity contribution in [2.24, 2.45) is 0 Å². The van der Waals surface area contributed by atoms with Crippen LogP contribution in [0.2, 0.25) is 0 Å². The molecule has 0 aliphatic heterocycles. The Bertz CT molecular complexity index is 260. The molecular weight excluding hydrogens is 263 g/mol. The molecule has 0 spiro atoms. The molecule has 1 rings (SSSR count). The predicted molar refractivity (Wildman–Crippen MR) is 45.7 cm³/mol. The van der Waals surface area contributed by atoms with Crippen molar-refractivity contribution in [2.45, 2.75) is 0 Å². The van der Waals surface area contributed by atoms with Crippen molar-refractivity contribution in [1.29, 1.82) is 5.26 Å². The van der Waals surface area contributed by atoms with Gasteiger partial charge in [0, 0.05) is 10.1 Å². The minimum atomic E-state index is -0.796. The van der Waals surface area contributed by atoms with Crippen LogP contribution in [0.15, 0.2) is 18.2 Å². The predicted octanol–water partition coefficient (Wildman–Crippen LogP) is 2.71. The Hall–Kier alpha value is -0.700.